The Morgan fingerprint density at radius 1 is 1.47 bits per heavy atom. The maximum Gasteiger partial charge on any atom is 0.416 e. The summed E-state index contributed by atoms with van der Waals surface area (Å²) < 4.78 is 37.7. The maximum atomic E-state index is 12.6. The van der Waals surface area contributed by atoms with E-state index in [-0.39, 0.29) is 5.56 Å². The third-order valence-corrected chi connectivity index (χ3v) is 2.16. The Balaban J connectivity index is 3.66. The third kappa shape index (κ3) is 2.37. The topological polar surface area (TPSA) is 87.1 Å². The molecule has 7 heteroatoms. The molecule has 0 amide bonds. The Kier molecular flexibility index (Phi) is 3.39. The molecule has 0 atom stereocenters. The fraction of sp³-hybridized carbons (Fsp3) is 0.200. The van der Waals surface area contributed by atoms with Crippen molar-refractivity contribution in [3.8, 4) is 6.07 Å². The van der Waals surface area contributed by atoms with Crippen LogP contribution in [0.25, 0.3) is 0 Å². The second-order valence-electron chi connectivity index (χ2n) is 3.13. The minimum Gasteiger partial charge on any atom is -0.478 e. The van der Waals surface area contributed by atoms with Crippen LogP contribution in [0.1, 0.15) is 27.0 Å². The van der Waals surface area contributed by atoms with Crippen LogP contribution in [0.5, 0.6) is 0 Å². The van der Waals surface area contributed by atoms with Gasteiger partial charge in [-0.05, 0) is 17.7 Å². The normalized spacial score (nSPS) is 11.0. The van der Waals surface area contributed by atoms with E-state index < -0.39 is 35.4 Å². The van der Waals surface area contributed by atoms with E-state index in [4.69, 9.17) is 16.1 Å². The molecule has 90 valence electrons. The summed E-state index contributed by atoms with van der Waals surface area (Å²) in [6.45, 7) is -0.605. The second-order valence-corrected chi connectivity index (χ2v) is 3.13. The first-order chi connectivity index (χ1) is 7.82. The molecule has 3 N–H and O–H groups in total. The highest BCUT2D eigenvalue weighted by Gasteiger charge is 2.35. The zero-order valence-corrected chi connectivity index (χ0v) is 8.38. The van der Waals surface area contributed by atoms with Crippen molar-refractivity contribution in [2.75, 3.05) is 0 Å². The van der Waals surface area contributed by atoms with Crippen LogP contribution in [-0.2, 0) is 12.7 Å². The van der Waals surface area contributed by atoms with Crippen molar-refractivity contribution in [3.63, 3.8) is 0 Å². The number of carbonyl (C=O) groups is 1. The Hall–Kier alpha value is -2.07. The number of hydrogen-bond donors (Lipinski definition) is 2. The van der Waals surface area contributed by atoms with Gasteiger partial charge >= 0.3 is 12.1 Å². The van der Waals surface area contributed by atoms with Crippen molar-refractivity contribution in [3.05, 3.63) is 34.4 Å². The van der Waals surface area contributed by atoms with Gasteiger partial charge in [0.25, 0.3) is 0 Å². The molecule has 0 heterocycles. The van der Waals surface area contributed by atoms with E-state index in [1.54, 1.807) is 0 Å². The predicted octanol–water partition coefficient (Wildman–Crippen LogP) is 1.73. The Morgan fingerprint density at radius 2 is 2.06 bits per heavy atom. The molecule has 0 saturated heterocycles. The Morgan fingerprint density at radius 3 is 2.41 bits per heavy atom. The number of halogens is 3. The summed E-state index contributed by atoms with van der Waals surface area (Å²) in [5.41, 5.74) is 2.40. The smallest absolute Gasteiger partial charge is 0.416 e. The van der Waals surface area contributed by atoms with Crippen LogP contribution >= 0.6 is 0 Å². The van der Waals surface area contributed by atoms with E-state index in [9.17, 15) is 18.0 Å². The number of nitrogens with zero attached hydrogens (tertiary/aromatic N) is 1. The van der Waals surface area contributed by atoms with Crippen molar-refractivity contribution in [2.24, 2.45) is 5.73 Å². The Labute approximate surface area is 94.1 Å². The molecule has 1 rings (SSSR count). The zero-order valence-electron chi connectivity index (χ0n) is 8.38. The minimum atomic E-state index is -4.70. The van der Waals surface area contributed by atoms with Gasteiger partial charge in [0.15, 0.2) is 0 Å². The highest BCUT2D eigenvalue weighted by atomic mass is 19.4. The molecule has 0 aliphatic carbocycles. The van der Waals surface area contributed by atoms with Gasteiger partial charge in [-0.1, -0.05) is 0 Å². The molecular weight excluding hydrogens is 237 g/mol. The number of nitrogens with two attached hydrogens (primary N) is 1. The molecule has 0 bridgehead atoms. The molecule has 17 heavy (non-hydrogen) atoms. The molecule has 1 aromatic rings. The van der Waals surface area contributed by atoms with Gasteiger partial charge in [-0.2, -0.15) is 18.4 Å². The van der Waals surface area contributed by atoms with Crippen LogP contribution in [0.3, 0.4) is 0 Å². The van der Waals surface area contributed by atoms with Gasteiger partial charge < -0.3 is 10.8 Å². The lowest BCUT2D eigenvalue weighted by Gasteiger charge is -2.14. The number of carboxylic acids is 1. The monoisotopic (exact) mass is 244 g/mol. The summed E-state index contributed by atoms with van der Waals surface area (Å²) in [6.07, 6.45) is -4.70. The largest absolute Gasteiger partial charge is 0.478 e. The van der Waals surface area contributed by atoms with Gasteiger partial charge in [0.1, 0.15) is 6.07 Å². The molecule has 0 aromatic heterocycles. The summed E-state index contributed by atoms with van der Waals surface area (Å²) >= 11 is 0. The molecule has 0 fully saturated rings. The molecule has 0 aliphatic rings. The average Bonchev–Trinajstić information content (AvgIpc) is 2.25. The standard InChI is InChI=1S/C10H7F3N2O2/c11-10(12,13)7-2-1-5(3-14)8(9(16)17)6(7)4-15/h1-2H,4,15H2,(H,16,17). The summed E-state index contributed by atoms with van der Waals surface area (Å²) in [5.74, 6) is -1.60. The van der Waals surface area contributed by atoms with Gasteiger partial charge in [0, 0.05) is 6.54 Å². The molecular formula is C10H7F3N2O2. The van der Waals surface area contributed by atoms with Crippen LogP contribution in [-0.4, -0.2) is 11.1 Å². The van der Waals surface area contributed by atoms with Crippen molar-refractivity contribution >= 4 is 5.97 Å². The molecule has 0 spiro atoms. The lowest BCUT2D eigenvalue weighted by atomic mass is 9.96. The number of aromatic carboxylic acids is 1. The van der Waals surface area contributed by atoms with Crippen LogP contribution in [0, 0.1) is 11.3 Å². The van der Waals surface area contributed by atoms with Crippen molar-refractivity contribution in [1.82, 2.24) is 0 Å². The fourth-order valence-corrected chi connectivity index (χ4v) is 1.46. The number of carboxylic acid groups (broad SMARTS) is 1. The third-order valence-electron chi connectivity index (χ3n) is 2.16. The van der Waals surface area contributed by atoms with Crippen LogP contribution in [0.2, 0.25) is 0 Å². The number of rotatable bonds is 2. The summed E-state index contributed by atoms with van der Waals surface area (Å²) in [7, 11) is 0. The maximum absolute atomic E-state index is 12.6. The molecule has 0 radical (unpaired) electrons. The van der Waals surface area contributed by atoms with Gasteiger partial charge in [0.2, 0.25) is 0 Å². The molecule has 1 aromatic carbocycles. The number of nitriles is 1. The van der Waals surface area contributed by atoms with Crippen molar-refractivity contribution in [2.45, 2.75) is 12.7 Å². The number of hydrogen-bond acceptors (Lipinski definition) is 3. The van der Waals surface area contributed by atoms with E-state index in [1.165, 1.54) is 6.07 Å². The van der Waals surface area contributed by atoms with E-state index >= 15 is 0 Å². The SMILES string of the molecule is N#Cc1ccc(C(F)(F)F)c(CN)c1C(=O)O. The van der Waals surface area contributed by atoms with E-state index in [0.717, 1.165) is 6.07 Å². The number of benzene rings is 1. The van der Waals surface area contributed by atoms with Gasteiger partial charge in [-0.15, -0.1) is 0 Å². The summed E-state index contributed by atoms with van der Waals surface area (Å²) in [5, 5.41) is 17.5. The first-order valence-electron chi connectivity index (χ1n) is 4.39. The predicted molar refractivity (Wildman–Crippen MR) is 51.0 cm³/mol. The fourth-order valence-electron chi connectivity index (χ4n) is 1.46. The first kappa shape index (κ1) is 13.0. The molecule has 0 aliphatic heterocycles. The van der Waals surface area contributed by atoms with E-state index in [2.05, 4.69) is 0 Å². The summed E-state index contributed by atoms with van der Waals surface area (Å²) in [6, 6.07) is 3.01. The lowest BCUT2D eigenvalue weighted by molar-refractivity contribution is -0.138. The van der Waals surface area contributed by atoms with E-state index in [1.807, 2.05) is 0 Å². The van der Waals surface area contributed by atoms with Gasteiger partial charge in [0.05, 0.1) is 16.7 Å². The molecule has 4 nitrogen and oxygen atoms in total. The average molecular weight is 244 g/mol. The van der Waals surface area contributed by atoms with Crippen LogP contribution in [0.4, 0.5) is 13.2 Å². The van der Waals surface area contributed by atoms with Crippen molar-refractivity contribution < 1.29 is 23.1 Å². The van der Waals surface area contributed by atoms with Gasteiger partial charge in [-0.25, -0.2) is 4.79 Å². The van der Waals surface area contributed by atoms with Crippen LogP contribution in [0.15, 0.2) is 12.1 Å². The second kappa shape index (κ2) is 4.43. The lowest BCUT2D eigenvalue weighted by Crippen LogP contribution is -2.17. The summed E-state index contributed by atoms with van der Waals surface area (Å²) in [4.78, 5) is 10.9. The molecule has 0 saturated carbocycles. The first-order valence-corrected chi connectivity index (χ1v) is 4.39. The highest BCUT2D eigenvalue weighted by Crippen LogP contribution is 2.34. The quantitative estimate of drug-likeness (QED) is 0.829. The zero-order chi connectivity index (χ0) is 13.2. The molecule has 0 unspecified atom stereocenters. The van der Waals surface area contributed by atoms with Crippen LogP contribution < -0.4 is 5.73 Å². The highest BCUT2D eigenvalue weighted by molar-refractivity contribution is 5.92. The van der Waals surface area contributed by atoms with Gasteiger partial charge in [-0.3, -0.25) is 0 Å². The minimum absolute atomic E-state index is 0.342. The van der Waals surface area contributed by atoms with E-state index in [0.29, 0.717) is 6.07 Å². The Bertz CT molecular complexity index is 503. The number of alkyl halides is 3. The van der Waals surface area contributed by atoms with Crippen molar-refractivity contribution in [1.29, 1.82) is 5.26 Å².